The largest absolute Gasteiger partial charge is 0.330 e. The van der Waals surface area contributed by atoms with Crippen molar-refractivity contribution in [1.29, 1.82) is 0 Å². The van der Waals surface area contributed by atoms with Crippen LogP contribution in [-0.2, 0) is 13.0 Å². The van der Waals surface area contributed by atoms with Crippen molar-refractivity contribution in [2.24, 2.45) is 0 Å². The Balaban J connectivity index is 1.81. The maximum absolute atomic E-state index is 13.3. The van der Waals surface area contributed by atoms with Gasteiger partial charge in [0.15, 0.2) is 11.6 Å². The number of hydrogen-bond donors (Lipinski definition) is 0. The van der Waals surface area contributed by atoms with Crippen LogP contribution in [0.15, 0.2) is 53.3 Å². The molecule has 1 aromatic heterocycles. The minimum Gasteiger partial charge on any atom is -0.330 e. The van der Waals surface area contributed by atoms with Crippen LogP contribution in [0.2, 0.25) is 0 Å². The molecule has 118 valence electrons. The second-order valence-electron chi connectivity index (χ2n) is 5.15. The summed E-state index contributed by atoms with van der Waals surface area (Å²) in [4.78, 5) is 4.26. The van der Waals surface area contributed by atoms with Gasteiger partial charge < -0.3 is 4.57 Å². The molecule has 0 saturated carbocycles. The lowest BCUT2D eigenvalue weighted by Crippen LogP contribution is -2.05. The molecule has 0 fully saturated rings. The second-order valence-corrected chi connectivity index (χ2v) is 6.00. The number of nitrogens with zero attached hydrogens (tertiary/aromatic N) is 2. The van der Waals surface area contributed by atoms with Crippen molar-refractivity contribution in [3.63, 3.8) is 0 Å². The van der Waals surface area contributed by atoms with E-state index in [1.54, 1.807) is 24.5 Å². The average molecular weight is 381 g/mol. The molecule has 3 aromatic rings. The molecule has 0 spiro atoms. The number of benzene rings is 2. The highest BCUT2D eigenvalue weighted by Gasteiger charge is 2.09. The van der Waals surface area contributed by atoms with Crippen LogP contribution in [-0.4, -0.2) is 9.55 Å². The van der Waals surface area contributed by atoms with E-state index < -0.39 is 11.6 Å². The van der Waals surface area contributed by atoms with E-state index in [2.05, 4.69) is 20.9 Å². The van der Waals surface area contributed by atoms with Crippen LogP contribution in [0.3, 0.4) is 0 Å². The van der Waals surface area contributed by atoms with E-state index in [-0.39, 0.29) is 5.82 Å². The zero-order chi connectivity index (χ0) is 16.4. The maximum Gasteiger partial charge on any atom is 0.159 e. The van der Waals surface area contributed by atoms with Gasteiger partial charge in [0.25, 0.3) is 0 Å². The van der Waals surface area contributed by atoms with E-state index in [0.717, 1.165) is 17.5 Å². The first-order valence-corrected chi connectivity index (χ1v) is 7.70. The fourth-order valence-corrected chi connectivity index (χ4v) is 2.74. The smallest absolute Gasteiger partial charge is 0.159 e. The van der Waals surface area contributed by atoms with Crippen LogP contribution in [0.25, 0.3) is 0 Å². The van der Waals surface area contributed by atoms with Crippen molar-refractivity contribution in [3.8, 4) is 0 Å². The van der Waals surface area contributed by atoms with Gasteiger partial charge in [-0.3, -0.25) is 0 Å². The van der Waals surface area contributed by atoms with Gasteiger partial charge in [-0.2, -0.15) is 0 Å². The molecule has 0 aliphatic carbocycles. The van der Waals surface area contributed by atoms with Crippen molar-refractivity contribution in [3.05, 3.63) is 87.7 Å². The summed E-state index contributed by atoms with van der Waals surface area (Å²) in [5.41, 5.74) is 1.54. The molecule has 1 heterocycles. The number of rotatable bonds is 4. The van der Waals surface area contributed by atoms with Gasteiger partial charge in [-0.1, -0.05) is 12.1 Å². The summed E-state index contributed by atoms with van der Waals surface area (Å²) in [6.07, 6.45) is 3.83. The molecule has 2 aromatic carbocycles. The summed E-state index contributed by atoms with van der Waals surface area (Å²) in [5.74, 6) is -1.34. The summed E-state index contributed by atoms with van der Waals surface area (Å²) < 4.78 is 41.9. The van der Waals surface area contributed by atoms with E-state index in [0.29, 0.717) is 23.0 Å². The Morgan fingerprint density at radius 3 is 2.39 bits per heavy atom. The number of aromatic nitrogens is 2. The van der Waals surface area contributed by atoms with Gasteiger partial charge in [-0.15, -0.1) is 0 Å². The molecule has 0 atom stereocenters. The van der Waals surface area contributed by atoms with E-state index in [9.17, 15) is 13.2 Å². The molecule has 0 unspecified atom stereocenters. The predicted molar refractivity (Wildman–Crippen MR) is 84.6 cm³/mol. The van der Waals surface area contributed by atoms with Crippen molar-refractivity contribution in [2.45, 2.75) is 13.0 Å². The molecular formula is C17H12BrF3N2. The minimum absolute atomic E-state index is 0.318. The van der Waals surface area contributed by atoms with Crippen LogP contribution in [0.1, 0.15) is 17.0 Å². The van der Waals surface area contributed by atoms with Gasteiger partial charge >= 0.3 is 0 Å². The van der Waals surface area contributed by atoms with E-state index >= 15 is 0 Å². The highest BCUT2D eigenvalue weighted by atomic mass is 79.9. The fraction of sp³-hybridized carbons (Fsp3) is 0.118. The fourth-order valence-electron chi connectivity index (χ4n) is 2.32. The monoisotopic (exact) mass is 380 g/mol. The summed E-state index contributed by atoms with van der Waals surface area (Å²) in [7, 11) is 0. The third-order valence-electron chi connectivity index (χ3n) is 3.48. The molecule has 3 rings (SSSR count). The zero-order valence-corrected chi connectivity index (χ0v) is 13.5. The SMILES string of the molecule is Fc1ccc(Cc2nccn2Cc2ccc(F)c(Br)c2)cc1F. The average Bonchev–Trinajstić information content (AvgIpc) is 2.94. The molecule has 0 aliphatic rings. The van der Waals surface area contributed by atoms with Gasteiger partial charge in [0.2, 0.25) is 0 Å². The molecule has 6 heteroatoms. The standard InChI is InChI=1S/C17H12BrF3N2/c18-13-7-12(2-3-14(13)19)10-23-6-5-22-17(23)9-11-1-4-15(20)16(21)8-11/h1-8H,9-10H2. The van der Waals surface area contributed by atoms with Crippen molar-refractivity contribution in [1.82, 2.24) is 9.55 Å². The van der Waals surface area contributed by atoms with Gasteiger partial charge in [-0.05, 0) is 51.3 Å². The Kier molecular flexibility index (Phi) is 4.52. The van der Waals surface area contributed by atoms with E-state index in [1.165, 1.54) is 18.2 Å². The van der Waals surface area contributed by atoms with Gasteiger partial charge in [0, 0.05) is 25.4 Å². The quantitative estimate of drug-likeness (QED) is 0.641. The van der Waals surface area contributed by atoms with Crippen molar-refractivity contribution < 1.29 is 13.2 Å². The van der Waals surface area contributed by atoms with E-state index in [1.807, 2.05) is 4.57 Å². The Labute approximate surface area is 139 Å². The lowest BCUT2D eigenvalue weighted by molar-refractivity contribution is 0.507. The van der Waals surface area contributed by atoms with Gasteiger partial charge in [0.05, 0.1) is 4.47 Å². The Hall–Kier alpha value is -2.08. The van der Waals surface area contributed by atoms with Crippen LogP contribution < -0.4 is 0 Å². The molecule has 0 bridgehead atoms. The molecule has 0 radical (unpaired) electrons. The Bertz CT molecular complexity index is 778. The van der Waals surface area contributed by atoms with Crippen LogP contribution in [0.4, 0.5) is 13.2 Å². The summed E-state index contributed by atoms with van der Waals surface area (Å²) >= 11 is 3.16. The number of imidazole rings is 1. The molecule has 0 saturated heterocycles. The summed E-state index contributed by atoms with van der Waals surface area (Å²) in [6, 6.07) is 8.60. The first kappa shape index (κ1) is 15.8. The Morgan fingerprint density at radius 1 is 0.913 bits per heavy atom. The predicted octanol–water partition coefficient (Wildman–Crippen LogP) is 4.70. The molecule has 0 aliphatic heterocycles. The molecule has 2 nitrogen and oxygen atoms in total. The maximum atomic E-state index is 13.3. The van der Waals surface area contributed by atoms with Crippen molar-refractivity contribution >= 4 is 15.9 Å². The van der Waals surface area contributed by atoms with Crippen LogP contribution in [0.5, 0.6) is 0 Å². The van der Waals surface area contributed by atoms with Gasteiger partial charge in [0.1, 0.15) is 11.6 Å². The lowest BCUT2D eigenvalue weighted by Gasteiger charge is -2.09. The topological polar surface area (TPSA) is 17.8 Å². The number of halogens is 4. The molecule has 23 heavy (non-hydrogen) atoms. The summed E-state index contributed by atoms with van der Waals surface area (Å²) in [6.45, 7) is 0.512. The summed E-state index contributed by atoms with van der Waals surface area (Å²) in [5, 5.41) is 0. The van der Waals surface area contributed by atoms with Crippen LogP contribution in [0, 0.1) is 17.5 Å². The van der Waals surface area contributed by atoms with Crippen molar-refractivity contribution in [2.75, 3.05) is 0 Å². The third-order valence-corrected chi connectivity index (χ3v) is 4.09. The highest BCUT2D eigenvalue weighted by molar-refractivity contribution is 9.10. The van der Waals surface area contributed by atoms with E-state index in [4.69, 9.17) is 0 Å². The Morgan fingerprint density at radius 2 is 1.65 bits per heavy atom. The lowest BCUT2D eigenvalue weighted by atomic mass is 10.1. The first-order chi connectivity index (χ1) is 11.0. The zero-order valence-electron chi connectivity index (χ0n) is 11.9. The third kappa shape index (κ3) is 3.64. The molecular weight excluding hydrogens is 369 g/mol. The molecule has 0 N–H and O–H groups in total. The minimum atomic E-state index is -0.872. The molecule has 0 amide bonds. The highest BCUT2D eigenvalue weighted by Crippen LogP contribution is 2.19. The number of hydrogen-bond acceptors (Lipinski definition) is 1. The first-order valence-electron chi connectivity index (χ1n) is 6.91. The normalized spacial score (nSPS) is 11.0. The van der Waals surface area contributed by atoms with Gasteiger partial charge in [-0.25, -0.2) is 18.2 Å². The second kappa shape index (κ2) is 6.58. The van der Waals surface area contributed by atoms with Crippen LogP contribution >= 0.6 is 15.9 Å².